The Kier molecular flexibility index (Phi) is 4.29. The van der Waals surface area contributed by atoms with E-state index >= 15 is 0 Å². The molecule has 3 aromatic heterocycles. The summed E-state index contributed by atoms with van der Waals surface area (Å²) in [6.45, 7) is 2.10. The van der Waals surface area contributed by atoms with E-state index in [1.807, 2.05) is 38.4 Å². The number of hydrogen-bond donors (Lipinski definition) is 2. The van der Waals surface area contributed by atoms with Crippen LogP contribution in [-0.2, 0) is 23.6 Å². The summed E-state index contributed by atoms with van der Waals surface area (Å²) in [5.74, 6) is 0. The number of benzene rings is 1. The number of aromatic amines is 1. The highest BCUT2D eigenvalue weighted by molar-refractivity contribution is 7.89. The van der Waals surface area contributed by atoms with Crippen LogP contribution in [0.15, 0.2) is 59.9 Å². The zero-order valence-electron chi connectivity index (χ0n) is 15.0. The monoisotopic (exact) mass is 381 g/mol. The van der Waals surface area contributed by atoms with Crippen LogP contribution in [0.1, 0.15) is 11.3 Å². The molecule has 0 aliphatic rings. The van der Waals surface area contributed by atoms with Crippen molar-refractivity contribution in [1.29, 1.82) is 0 Å². The van der Waals surface area contributed by atoms with Crippen molar-refractivity contribution in [3.8, 4) is 11.1 Å². The van der Waals surface area contributed by atoms with Crippen molar-refractivity contribution in [2.75, 3.05) is 0 Å². The molecule has 27 heavy (non-hydrogen) atoms. The summed E-state index contributed by atoms with van der Waals surface area (Å²) < 4.78 is 29.9. The standard InChI is InChI=1S/C19H19N5O2S/c1-13-15(11-22-24(13)2)12-23-27(25,26)16-5-3-4-14(10-16)17-6-8-20-19-18(17)7-9-21-19/h3-11,23H,12H2,1-2H3,(H,20,21). The predicted molar refractivity (Wildman–Crippen MR) is 104 cm³/mol. The Labute approximate surface area is 157 Å². The number of H-pyrrole nitrogens is 1. The third-order valence-electron chi connectivity index (χ3n) is 4.71. The van der Waals surface area contributed by atoms with Gasteiger partial charge in [-0.05, 0) is 42.3 Å². The lowest BCUT2D eigenvalue weighted by atomic mass is 10.0. The van der Waals surface area contributed by atoms with E-state index in [1.54, 1.807) is 35.3 Å². The van der Waals surface area contributed by atoms with Gasteiger partial charge in [-0.2, -0.15) is 5.10 Å². The third kappa shape index (κ3) is 3.24. The number of fused-ring (bicyclic) bond motifs is 1. The van der Waals surface area contributed by atoms with Crippen LogP contribution in [0.5, 0.6) is 0 Å². The molecule has 0 saturated carbocycles. The van der Waals surface area contributed by atoms with Crippen LogP contribution in [0.25, 0.3) is 22.2 Å². The topological polar surface area (TPSA) is 92.7 Å². The Morgan fingerprint density at radius 1 is 1.22 bits per heavy atom. The van der Waals surface area contributed by atoms with Crippen LogP contribution in [-0.4, -0.2) is 28.2 Å². The van der Waals surface area contributed by atoms with E-state index in [2.05, 4.69) is 19.8 Å². The fraction of sp³-hybridized carbons (Fsp3) is 0.158. The Bertz CT molecular complexity index is 1220. The zero-order valence-corrected chi connectivity index (χ0v) is 15.8. The zero-order chi connectivity index (χ0) is 19.0. The number of hydrogen-bond acceptors (Lipinski definition) is 4. The number of nitrogens with one attached hydrogen (secondary N) is 2. The molecule has 0 fully saturated rings. The van der Waals surface area contributed by atoms with Gasteiger partial charge in [-0.25, -0.2) is 18.1 Å². The average Bonchev–Trinajstić information content (AvgIpc) is 3.27. The SMILES string of the molecule is Cc1c(CNS(=O)(=O)c2cccc(-c3ccnc4[nH]ccc34)c2)cnn1C. The first-order chi connectivity index (χ1) is 13.0. The van der Waals surface area contributed by atoms with E-state index in [4.69, 9.17) is 0 Å². The van der Waals surface area contributed by atoms with Gasteiger partial charge in [0.05, 0.1) is 11.1 Å². The molecule has 8 heteroatoms. The highest BCUT2D eigenvalue weighted by Crippen LogP contribution is 2.28. The molecule has 7 nitrogen and oxygen atoms in total. The summed E-state index contributed by atoms with van der Waals surface area (Å²) >= 11 is 0. The number of sulfonamides is 1. The maximum atomic E-state index is 12.8. The molecule has 4 aromatic rings. The minimum absolute atomic E-state index is 0.198. The molecule has 1 aromatic carbocycles. The molecule has 0 spiro atoms. The van der Waals surface area contributed by atoms with Gasteiger partial charge in [0.1, 0.15) is 5.65 Å². The van der Waals surface area contributed by atoms with Crippen LogP contribution in [0, 0.1) is 6.92 Å². The third-order valence-corrected chi connectivity index (χ3v) is 6.10. The van der Waals surface area contributed by atoms with Gasteiger partial charge in [-0.3, -0.25) is 4.68 Å². The van der Waals surface area contributed by atoms with Gasteiger partial charge in [0.25, 0.3) is 0 Å². The second-order valence-electron chi connectivity index (χ2n) is 6.33. The van der Waals surface area contributed by atoms with Gasteiger partial charge in [-0.1, -0.05) is 12.1 Å². The van der Waals surface area contributed by atoms with Crippen molar-refractivity contribution in [1.82, 2.24) is 24.5 Å². The molecule has 3 heterocycles. The van der Waals surface area contributed by atoms with Gasteiger partial charge in [-0.15, -0.1) is 0 Å². The van der Waals surface area contributed by atoms with Gasteiger partial charge < -0.3 is 4.98 Å². The molecule has 0 aliphatic heterocycles. The highest BCUT2D eigenvalue weighted by Gasteiger charge is 2.16. The van der Waals surface area contributed by atoms with Crippen LogP contribution in [0.2, 0.25) is 0 Å². The van der Waals surface area contributed by atoms with E-state index in [0.29, 0.717) is 0 Å². The Morgan fingerprint density at radius 3 is 2.85 bits per heavy atom. The molecule has 0 saturated heterocycles. The van der Waals surface area contributed by atoms with E-state index < -0.39 is 10.0 Å². The van der Waals surface area contributed by atoms with Crippen molar-refractivity contribution in [3.05, 3.63) is 66.2 Å². The van der Waals surface area contributed by atoms with E-state index in [9.17, 15) is 8.42 Å². The molecule has 0 radical (unpaired) electrons. The first-order valence-electron chi connectivity index (χ1n) is 8.45. The summed E-state index contributed by atoms with van der Waals surface area (Å²) in [6.07, 6.45) is 5.20. The molecular formula is C19H19N5O2S. The lowest BCUT2D eigenvalue weighted by Gasteiger charge is -2.09. The van der Waals surface area contributed by atoms with Crippen LogP contribution in [0.4, 0.5) is 0 Å². The smallest absolute Gasteiger partial charge is 0.240 e. The minimum Gasteiger partial charge on any atom is -0.346 e. The Morgan fingerprint density at radius 2 is 2.07 bits per heavy atom. The maximum Gasteiger partial charge on any atom is 0.240 e. The van der Waals surface area contributed by atoms with E-state index in [1.165, 1.54) is 0 Å². The normalized spacial score (nSPS) is 11.9. The van der Waals surface area contributed by atoms with Gasteiger partial charge >= 0.3 is 0 Å². The number of aryl methyl sites for hydroxylation is 1. The molecule has 138 valence electrons. The summed E-state index contributed by atoms with van der Waals surface area (Å²) in [7, 11) is -1.82. The Hall–Kier alpha value is -2.97. The first kappa shape index (κ1) is 17.4. The Balaban J connectivity index is 1.65. The molecule has 0 amide bonds. The lowest BCUT2D eigenvalue weighted by molar-refractivity contribution is 0.581. The minimum atomic E-state index is -3.65. The fourth-order valence-corrected chi connectivity index (χ4v) is 4.07. The maximum absolute atomic E-state index is 12.8. The predicted octanol–water partition coefficient (Wildman–Crippen LogP) is 2.75. The average molecular weight is 381 g/mol. The summed E-state index contributed by atoms with van der Waals surface area (Å²) in [4.78, 5) is 7.57. The molecule has 0 atom stereocenters. The number of aromatic nitrogens is 4. The molecule has 2 N–H and O–H groups in total. The van der Waals surface area contributed by atoms with Crippen molar-refractivity contribution < 1.29 is 8.42 Å². The number of pyridine rings is 1. The summed E-state index contributed by atoms with van der Waals surface area (Å²) in [5, 5.41) is 5.09. The first-order valence-corrected chi connectivity index (χ1v) is 9.94. The number of nitrogens with zero attached hydrogens (tertiary/aromatic N) is 3. The van der Waals surface area contributed by atoms with Crippen molar-refractivity contribution in [2.24, 2.45) is 7.05 Å². The highest BCUT2D eigenvalue weighted by atomic mass is 32.2. The summed E-state index contributed by atoms with van der Waals surface area (Å²) in [6, 6.07) is 10.7. The largest absolute Gasteiger partial charge is 0.346 e. The van der Waals surface area contributed by atoms with Crippen LogP contribution >= 0.6 is 0 Å². The second kappa shape index (κ2) is 6.64. The van der Waals surface area contributed by atoms with Gasteiger partial charge in [0.2, 0.25) is 10.0 Å². The van der Waals surface area contributed by atoms with Crippen LogP contribution in [0.3, 0.4) is 0 Å². The van der Waals surface area contributed by atoms with Crippen molar-refractivity contribution >= 4 is 21.1 Å². The summed E-state index contributed by atoms with van der Waals surface area (Å²) in [5.41, 5.74) is 4.30. The van der Waals surface area contributed by atoms with Crippen molar-refractivity contribution in [3.63, 3.8) is 0 Å². The molecule has 4 rings (SSSR count). The molecule has 0 aliphatic carbocycles. The molecule has 0 bridgehead atoms. The quantitative estimate of drug-likeness (QED) is 0.556. The fourth-order valence-electron chi connectivity index (χ4n) is 3.02. The van der Waals surface area contributed by atoms with Crippen molar-refractivity contribution in [2.45, 2.75) is 18.4 Å². The van der Waals surface area contributed by atoms with Crippen LogP contribution < -0.4 is 4.72 Å². The molecular weight excluding hydrogens is 362 g/mol. The number of rotatable bonds is 5. The van der Waals surface area contributed by atoms with Gasteiger partial charge in [0.15, 0.2) is 0 Å². The van der Waals surface area contributed by atoms with E-state index in [-0.39, 0.29) is 11.4 Å². The molecule has 0 unspecified atom stereocenters. The lowest BCUT2D eigenvalue weighted by Crippen LogP contribution is -2.23. The van der Waals surface area contributed by atoms with Gasteiger partial charge in [0, 0.05) is 42.6 Å². The van der Waals surface area contributed by atoms with E-state index in [0.717, 1.165) is 33.4 Å². The second-order valence-corrected chi connectivity index (χ2v) is 8.10.